The van der Waals surface area contributed by atoms with E-state index in [1.54, 1.807) is 0 Å². The number of nitrogens with two attached hydrogens (primary N) is 1. The van der Waals surface area contributed by atoms with Crippen molar-refractivity contribution in [3.63, 3.8) is 0 Å². The Hall–Kier alpha value is -0.420. The third-order valence-electron chi connectivity index (χ3n) is 3.15. The topological polar surface area (TPSA) is 83.2 Å². The van der Waals surface area contributed by atoms with Gasteiger partial charge in [0.15, 0.2) is 0 Å². The predicted octanol–water partition coefficient (Wildman–Crippen LogP) is 2.25. The monoisotopic (exact) mass is 262 g/mol. The third-order valence-corrected chi connectivity index (χ3v) is 4.29. The molecule has 0 heterocycles. The number of amides is 1. The second kappa shape index (κ2) is 8.64. The van der Waals surface area contributed by atoms with Crippen molar-refractivity contribution in [1.29, 1.82) is 0 Å². The van der Waals surface area contributed by atoms with Crippen LogP contribution in [0.1, 0.15) is 65.2 Å². The van der Waals surface area contributed by atoms with Gasteiger partial charge in [0.1, 0.15) is 4.75 Å². The number of carbonyl (C=O) groups is 1. The van der Waals surface area contributed by atoms with E-state index in [1.807, 2.05) is 0 Å². The molecule has 0 aromatic heterocycles. The Morgan fingerprint density at radius 2 is 1.65 bits per heavy atom. The standard InChI is InChI=1S/C12H25NO3S/c1-3-4-5-6-7-8-9-10-12(2,11(13)14)17(15)16/h3-10H2,1-2H3,(H2,13,14)(H,15,16)/p-1. The molecule has 0 radical (unpaired) electrons. The highest BCUT2D eigenvalue weighted by Crippen LogP contribution is 2.21. The first-order valence-corrected chi connectivity index (χ1v) is 7.42. The molecule has 0 saturated carbocycles. The van der Waals surface area contributed by atoms with Crippen molar-refractivity contribution in [3.8, 4) is 0 Å². The maximum absolute atomic E-state index is 11.1. The molecule has 102 valence electrons. The van der Waals surface area contributed by atoms with Gasteiger partial charge >= 0.3 is 0 Å². The number of unbranched alkanes of at least 4 members (excludes halogenated alkanes) is 6. The second-order valence-electron chi connectivity index (χ2n) is 4.70. The summed E-state index contributed by atoms with van der Waals surface area (Å²) in [5.74, 6) is -0.753. The highest BCUT2D eigenvalue weighted by atomic mass is 32.2. The van der Waals surface area contributed by atoms with Crippen LogP contribution in [-0.2, 0) is 15.9 Å². The number of carbonyl (C=O) groups excluding carboxylic acids is 1. The van der Waals surface area contributed by atoms with E-state index >= 15 is 0 Å². The lowest BCUT2D eigenvalue weighted by molar-refractivity contribution is -0.120. The van der Waals surface area contributed by atoms with Crippen LogP contribution in [0.3, 0.4) is 0 Å². The Morgan fingerprint density at radius 3 is 2.06 bits per heavy atom. The molecule has 0 bridgehead atoms. The molecule has 2 atom stereocenters. The highest BCUT2D eigenvalue weighted by molar-refractivity contribution is 7.81. The fourth-order valence-electron chi connectivity index (χ4n) is 1.71. The van der Waals surface area contributed by atoms with Gasteiger partial charge in [0.2, 0.25) is 5.91 Å². The molecule has 1 amide bonds. The van der Waals surface area contributed by atoms with E-state index < -0.39 is 21.7 Å². The van der Waals surface area contributed by atoms with E-state index in [2.05, 4.69) is 6.92 Å². The Bertz CT molecular complexity index is 242. The van der Waals surface area contributed by atoms with Gasteiger partial charge in [0.25, 0.3) is 0 Å². The minimum atomic E-state index is -2.43. The number of hydrogen-bond donors (Lipinski definition) is 1. The lowest BCUT2D eigenvalue weighted by Crippen LogP contribution is -2.44. The Morgan fingerprint density at radius 1 is 1.18 bits per heavy atom. The normalized spacial score (nSPS) is 16.4. The first-order chi connectivity index (χ1) is 7.95. The fourth-order valence-corrected chi connectivity index (χ4v) is 2.18. The van der Waals surface area contributed by atoms with Crippen LogP contribution >= 0.6 is 0 Å². The zero-order valence-electron chi connectivity index (χ0n) is 10.9. The molecule has 2 N–H and O–H groups in total. The van der Waals surface area contributed by atoms with Gasteiger partial charge < -0.3 is 10.3 Å². The zero-order chi connectivity index (χ0) is 13.3. The molecule has 0 spiro atoms. The van der Waals surface area contributed by atoms with Crippen LogP contribution in [0, 0.1) is 0 Å². The van der Waals surface area contributed by atoms with Gasteiger partial charge in [0, 0.05) is 0 Å². The van der Waals surface area contributed by atoms with Crippen molar-refractivity contribution in [2.75, 3.05) is 0 Å². The Labute approximate surface area is 107 Å². The minimum absolute atomic E-state index is 0.326. The van der Waals surface area contributed by atoms with Crippen molar-refractivity contribution >= 4 is 17.0 Å². The summed E-state index contributed by atoms with van der Waals surface area (Å²) in [7, 11) is 0. The molecule has 0 aliphatic carbocycles. The molecule has 0 saturated heterocycles. The summed E-state index contributed by atoms with van der Waals surface area (Å²) in [4.78, 5) is 11.1. The average Bonchev–Trinajstić information content (AvgIpc) is 2.27. The van der Waals surface area contributed by atoms with Gasteiger partial charge in [0.05, 0.1) is 0 Å². The van der Waals surface area contributed by atoms with Gasteiger partial charge in [-0.15, -0.1) is 0 Å². The molecule has 0 aliphatic heterocycles. The molecule has 4 nitrogen and oxygen atoms in total. The zero-order valence-corrected chi connectivity index (χ0v) is 11.7. The lowest BCUT2D eigenvalue weighted by Gasteiger charge is -2.28. The molecule has 17 heavy (non-hydrogen) atoms. The molecular formula is C12H24NO3S-. The molecule has 0 aromatic rings. The fraction of sp³-hybridized carbons (Fsp3) is 0.917. The van der Waals surface area contributed by atoms with Crippen LogP contribution in [0.4, 0.5) is 0 Å². The molecule has 0 aliphatic rings. The van der Waals surface area contributed by atoms with Crippen LogP contribution in [-0.4, -0.2) is 19.4 Å². The number of rotatable bonds is 10. The summed E-state index contributed by atoms with van der Waals surface area (Å²) >= 11 is -2.43. The van der Waals surface area contributed by atoms with Gasteiger partial charge in [-0.2, -0.15) is 0 Å². The quantitative estimate of drug-likeness (QED) is 0.484. The summed E-state index contributed by atoms with van der Waals surface area (Å²) in [5, 5.41) is 0. The summed E-state index contributed by atoms with van der Waals surface area (Å²) in [6.07, 6.45) is 8.01. The number of hydrogen-bond acceptors (Lipinski definition) is 3. The van der Waals surface area contributed by atoms with Crippen molar-refractivity contribution in [2.24, 2.45) is 5.73 Å². The summed E-state index contributed by atoms with van der Waals surface area (Å²) < 4.78 is 20.5. The SMILES string of the molecule is CCCCCCCCCC(C)(C(N)=O)S(=O)[O-]. The first-order valence-electron chi connectivity index (χ1n) is 6.34. The van der Waals surface area contributed by atoms with Gasteiger partial charge in [-0.25, -0.2) is 0 Å². The molecule has 5 heteroatoms. The molecule has 0 fully saturated rings. The summed E-state index contributed by atoms with van der Waals surface area (Å²) in [5.41, 5.74) is 5.12. The maximum atomic E-state index is 11.1. The Balaban J connectivity index is 3.78. The van der Waals surface area contributed by atoms with E-state index in [9.17, 15) is 13.6 Å². The highest BCUT2D eigenvalue weighted by Gasteiger charge is 2.31. The summed E-state index contributed by atoms with van der Waals surface area (Å²) in [6, 6.07) is 0. The van der Waals surface area contributed by atoms with E-state index in [0.717, 1.165) is 19.3 Å². The predicted molar refractivity (Wildman–Crippen MR) is 69.1 cm³/mol. The third kappa shape index (κ3) is 6.17. The van der Waals surface area contributed by atoms with Crippen molar-refractivity contribution in [3.05, 3.63) is 0 Å². The van der Waals surface area contributed by atoms with Crippen molar-refractivity contribution in [1.82, 2.24) is 0 Å². The molecular weight excluding hydrogens is 238 g/mol. The van der Waals surface area contributed by atoms with E-state index in [4.69, 9.17) is 5.73 Å². The Kier molecular flexibility index (Phi) is 8.43. The summed E-state index contributed by atoms with van der Waals surface area (Å²) in [6.45, 7) is 3.57. The van der Waals surface area contributed by atoms with Crippen LogP contribution in [0.2, 0.25) is 0 Å². The molecule has 0 aromatic carbocycles. The van der Waals surface area contributed by atoms with E-state index in [1.165, 1.54) is 32.6 Å². The van der Waals surface area contributed by atoms with Crippen molar-refractivity contribution < 1.29 is 13.6 Å². The second-order valence-corrected chi connectivity index (χ2v) is 6.07. The van der Waals surface area contributed by atoms with Crippen LogP contribution in [0.5, 0.6) is 0 Å². The largest absolute Gasteiger partial charge is 0.772 e. The van der Waals surface area contributed by atoms with E-state index in [0.29, 0.717) is 6.42 Å². The smallest absolute Gasteiger partial charge is 0.234 e. The van der Waals surface area contributed by atoms with Crippen molar-refractivity contribution in [2.45, 2.75) is 70.0 Å². The van der Waals surface area contributed by atoms with Gasteiger partial charge in [-0.3, -0.25) is 9.00 Å². The van der Waals surface area contributed by atoms with Crippen LogP contribution < -0.4 is 5.73 Å². The molecule has 2 unspecified atom stereocenters. The number of primary amides is 1. The van der Waals surface area contributed by atoms with Crippen LogP contribution in [0.25, 0.3) is 0 Å². The lowest BCUT2D eigenvalue weighted by atomic mass is 10.0. The van der Waals surface area contributed by atoms with Gasteiger partial charge in [-0.1, -0.05) is 51.9 Å². The van der Waals surface area contributed by atoms with Gasteiger partial charge in [-0.05, 0) is 24.4 Å². The maximum Gasteiger partial charge on any atom is 0.234 e. The molecule has 0 rings (SSSR count). The average molecular weight is 262 g/mol. The minimum Gasteiger partial charge on any atom is -0.772 e. The van der Waals surface area contributed by atoms with Crippen LogP contribution in [0.15, 0.2) is 0 Å². The van der Waals surface area contributed by atoms with E-state index in [-0.39, 0.29) is 0 Å². The first kappa shape index (κ1) is 16.6.